The van der Waals surface area contributed by atoms with E-state index < -0.39 is 0 Å². The zero-order valence-electron chi connectivity index (χ0n) is 19.0. The molecular weight excluding hydrogens is 416 g/mol. The van der Waals surface area contributed by atoms with Crippen LogP contribution in [-0.4, -0.2) is 19.5 Å². The van der Waals surface area contributed by atoms with Crippen molar-refractivity contribution in [1.29, 1.82) is 0 Å². The Kier molecular flexibility index (Phi) is 3.86. The maximum absolute atomic E-state index is 5.02. The van der Waals surface area contributed by atoms with Crippen molar-refractivity contribution < 1.29 is 0 Å². The second-order valence-electron chi connectivity index (χ2n) is 9.45. The van der Waals surface area contributed by atoms with Gasteiger partial charge in [-0.1, -0.05) is 74.5 Å². The van der Waals surface area contributed by atoms with E-state index in [2.05, 4.69) is 107 Å². The van der Waals surface area contributed by atoms with E-state index >= 15 is 0 Å². The van der Waals surface area contributed by atoms with Crippen molar-refractivity contribution in [1.82, 2.24) is 19.5 Å². The molecule has 0 radical (unpaired) electrons. The number of aromatic nitrogens is 4. The van der Waals surface area contributed by atoms with Crippen LogP contribution in [0.1, 0.15) is 25.0 Å². The minimum Gasteiger partial charge on any atom is -0.292 e. The second kappa shape index (κ2) is 6.84. The average molecular weight is 439 g/mol. The molecule has 6 aromatic rings. The number of benzene rings is 4. The van der Waals surface area contributed by atoms with Gasteiger partial charge in [-0.2, -0.15) is 0 Å². The lowest BCUT2D eigenvalue weighted by molar-refractivity contribution is 0.629. The van der Waals surface area contributed by atoms with Gasteiger partial charge in [0.25, 0.3) is 0 Å². The summed E-state index contributed by atoms with van der Waals surface area (Å²) in [6, 6.07) is 28.4. The molecule has 0 N–H and O–H groups in total. The summed E-state index contributed by atoms with van der Waals surface area (Å²) in [4.78, 5) is 13.5. The lowest BCUT2D eigenvalue weighted by Crippen LogP contribution is -2.26. The predicted octanol–water partition coefficient (Wildman–Crippen LogP) is 6.94. The third-order valence-electron chi connectivity index (χ3n) is 7.18. The zero-order chi connectivity index (χ0) is 22.9. The number of nitrogens with zero attached hydrogens (tertiary/aromatic N) is 4. The fourth-order valence-corrected chi connectivity index (χ4v) is 5.50. The Balaban J connectivity index is 1.54. The largest absolute Gasteiger partial charge is 0.292 e. The molecule has 0 aliphatic carbocycles. The molecule has 0 atom stereocenters. The Labute approximate surface area is 197 Å². The minimum atomic E-state index is -0.171. The van der Waals surface area contributed by atoms with Crippen LogP contribution in [0.15, 0.2) is 97.6 Å². The summed E-state index contributed by atoms with van der Waals surface area (Å²) in [7, 11) is 0. The number of imidazole rings is 1. The van der Waals surface area contributed by atoms with E-state index in [0.29, 0.717) is 0 Å². The maximum Gasteiger partial charge on any atom is 0.148 e. The van der Waals surface area contributed by atoms with Gasteiger partial charge in [0.05, 0.1) is 22.3 Å². The molecule has 0 saturated heterocycles. The van der Waals surface area contributed by atoms with Gasteiger partial charge in [-0.05, 0) is 51.2 Å². The van der Waals surface area contributed by atoms with Gasteiger partial charge in [0.2, 0.25) is 0 Å². The smallest absolute Gasteiger partial charge is 0.148 e. The third-order valence-corrected chi connectivity index (χ3v) is 7.18. The normalized spacial score (nSPS) is 13.8. The first-order valence-electron chi connectivity index (χ1n) is 11.5. The van der Waals surface area contributed by atoms with Crippen LogP contribution in [0.5, 0.6) is 0 Å². The van der Waals surface area contributed by atoms with E-state index in [-0.39, 0.29) is 5.41 Å². The summed E-state index contributed by atoms with van der Waals surface area (Å²) < 4.78 is 2.29. The van der Waals surface area contributed by atoms with Crippen LogP contribution in [0.2, 0.25) is 0 Å². The van der Waals surface area contributed by atoms with Crippen LogP contribution in [0.3, 0.4) is 0 Å². The van der Waals surface area contributed by atoms with Gasteiger partial charge in [0, 0.05) is 17.8 Å². The van der Waals surface area contributed by atoms with Crippen LogP contribution in [-0.2, 0) is 5.41 Å². The number of rotatable bonds is 2. The molecule has 4 aromatic carbocycles. The molecule has 4 heteroatoms. The second-order valence-corrected chi connectivity index (χ2v) is 9.45. The summed E-state index contributed by atoms with van der Waals surface area (Å²) in [5, 5.41) is 2.52. The van der Waals surface area contributed by atoms with E-state index in [1.807, 2.05) is 12.4 Å². The Morgan fingerprint density at radius 3 is 2.41 bits per heavy atom. The first-order valence-corrected chi connectivity index (χ1v) is 11.5. The Bertz CT molecular complexity index is 1720. The molecule has 0 amide bonds. The maximum atomic E-state index is 5.02. The van der Waals surface area contributed by atoms with Gasteiger partial charge in [-0.25, -0.2) is 15.0 Å². The summed E-state index contributed by atoms with van der Waals surface area (Å²) in [6.45, 7) is 4.63. The molecule has 0 unspecified atom stereocenters. The molecular formula is C30H22N4. The van der Waals surface area contributed by atoms with Gasteiger partial charge in [-0.15, -0.1) is 0 Å². The van der Waals surface area contributed by atoms with Gasteiger partial charge in [0.1, 0.15) is 12.2 Å². The van der Waals surface area contributed by atoms with Gasteiger partial charge >= 0.3 is 0 Å². The highest BCUT2D eigenvalue weighted by Gasteiger charge is 2.36. The molecule has 4 nitrogen and oxygen atoms in total. The molecule has 0 fully saturated rings. The first kappa shape index (κ1) is 19.2. The van der Waals surface area contributed by atoms with Gasteiger partial charge in [0.15, 0.2) is 0 Å². The summed E-state index contributed by atoms with van der Waals surface area (Å²) in [6.07, 6.45) is 5.23. The number of hydrogen-bond donors (Lipinski definition) is 0. The molecule has 7 rings (SSSR count). The lowest BCUT2D eigenvalue weighted by Gasteiger charge is -2.35. The van der Waals surface area contributed by atoms with Crippen molar-refractivity contribution in [3.63, 3.8) is 0 Å². The fraction of sp³-hybridized carbons (Fsp3) is 0.100. The average Bonchev–Trinajstić information content (AvgIpc) is 3.28. The molecule has 1 aliphatic heterocycles. The van der Waals surface area contributed by atoms with E-state index in [1.54, 1.807) is 6.33 Å². The van der Waals surface area contributed by atoms with Crippen LogP contribution in [0.25, 0.3) is 50.0 Å². The third kappa shape index (κ3) is 2.57. The summed E-state index contributed by atoms with van der Waals surface area (Å²) in [5.74, 6) is 0.873. The number of fused-ring (bicyclic) bond motifs is 3. The van der Waals surface area contributed by atoms with E-state index in [1.165, 1.54) is 33.0 Å². The molecule has 0 bridgehead atoms. The summed E-state index contributed by atoms with van der Waals surface area (Å²) >= 11 is 0. The quantitative estimate of drug-likeness (QED) is 0.294. The van der Waals surface area contributed by atoms with Gasteiger partial charge in [-0.3, -0.25) is 4.57 Å². The van der Waals surface area contributed by atoms with Crippen molar-refractivity contribution in [2.75, 3.05) is 0 Å². The SMILES string of the molecule is CC1(C)c2cc(-c3cccc4ccccc34)ccc2-n2c(-c3cncnc3)nc3cccc1c32. The van der Waals surface area contributed by atoms with Crippen molar-refractivity contribution in [3.05, 3.63) is 109 Å². The van der Waals surface area contributed by atoms with Crippen LogP contribution < -0.4 is 0 Å². The van der Waals surface area contributed by atoms with E-state index in [9.17, 15) is 0 Å². The molecule has 0 saturated carbocycles. The minimum absolute atomic E-state index is 0.171. The highest BCUT2D eigenvalue weighted by Crippen LogP contribution is 2.47. The summed E-state index contributed by atoms with van der Waals surface area (Å²) in [5.41, 5.74) is 9.10. The van der Waals surface area contributed by atoms with E-state index in [4.69, 9.17) is 4.98 Å². The van der Waals surface area contributed by atoms with Crippen molar-refractivity contribution in [3.8, 4) is 28.2 Å². The topological polar surface area (TPSA) is 43.6 Å². The van der Waals surface area contributed by atoms with Crippen molar-refractivity contribution >= 4 is 21.8 Å². The van der Waals surface area contributed by atoms with Crippen LogP contribution in [0, 0.1) is 0 Å². The van der Waals surface area contributed by atoms with Gasteiger partial charge < -0.3 is 0 Å². The first-order chi connectivity index (χ1) is 16.6. The predicted molar refractivity (Wildman–Crippen MR) is 137 cm³/mol. The van der Waals surface area contributed by atoms with E-state index in [0.717, 1.165) is 28.1 Å². The standard InChI is InChI=1S/C30H22N4/c1-30(2)24-11-6-12-26-28(24)34(29(33-26)21-16-31-18-32-17-21)27-14-13-20(15-25(27)30)23-10-5-8-19-7-3-4-9-22(19)23/h3-18H,1-2H3. The molecule has 34 heavy (non-hydrogen) atoms. The highest BCUT2D eigenvalue weighted by atomic mass is 15.1. The zero-order valence-corrected chi connectivity index (χ0v) is 19.0. The lowest BCUT2D eigenvalue weighted by atomic mass is 9.74. The highest BCUT2D eigenvalue weighted by molar-refractivity contribution is 5.97. The molecule has 3 heterocycles. The van der Waals surface area contributed by atoms with Crippen LogP contribution >= 0.6 is 0 Å². The van der Waals surface area contributed by atoms with Crippen LogP contribution in [0.4, 0.5) is 0 Å². The Morgan fingerprint density at radius 1 is 0.735 bits per heavy atom. The Hall–Kier alpha value is -4.31. The monoisotopic (exact) mass is 438 g/mol. The molecule has 162 valence electrons. The van der Waals surface area contributed by atoms with Crippen molar-refractivity contribution in [2.24, 2.45) is 0 Å². The number of hydrogen-bond acceptors (Lipinski definition) is 3. The Morgan fingerprint density at radius 2 is 1.53 bits per heavy atom. The number of para-hydroxylation sites is 1. The molecule has 2 aromatic heterocycles. The fourth-order valence-electron chi connectivity index (χ4n) is 5.50. The van der Waals surface area contributed by atoms with Crippen molar-refractivity contribution in [2.45, 2.75) is 19.3 Å². The molecule has 0 spiro atoms. The molecule has 1 aliphatic rings.